The highest BCUT2D eigenvalue weighted by Crippen LogP contribution is 2.45. The predicted molar refractivity (Wildman–Crippen MR) is 87.5 cm³/mol. The molecule has 22 heavy (non-hydrogen) atoms. The molecule has 1 fully saturated rings. The lowest BCUT2D eigenvalue weighted by Gasteiger charge is -2.19. The predicted octanol–water partition coefficient (Wildman–Crippen LogP) is 4.16. The molecule has 0 radical (unpaired) electrons. The third-order valence-corrected chi connectivity index (χ3v) is 4.11. The van der Waals surface area contributed by atoms with Crippen LogP contribution >= 0.6 is 11.6 Å². The molecule has 1 saturated carbocycles. The molecule has 2 N–H and O–H groups in total. The number of rotatable bonds is 4. The molecule has 0 aliphatic heterocycles. The number of methoxy groups -OCH3 is 1. The van der Waals surface area contributed by atoms with E-state index in [1.807, 2.05) is 42.5 Å². The molecule has 0 aromatic heterocycles. The van der Waals surface area contributed by atoms with Gasteiger partial charge in [0.05, 0.1) is 18.3 Å². The summed E-state index contributed by atoms with van der Waals surface area (Å²) in [7, 11) is 1.58. The SMILES string of the molecule is COc1ccccc1NC(=O)NC1(c2ccc(Cl)cc2)CC1. The van der Waals surface area contributed by atoms with Gasteiger partial charge in [-0.25, -0.2) is 4.79 Å². The van der Waals surface area contributed by atoms with Gasteiger partial charge in [-0.15, -0.1) is 0 Å². The summed E-state index contributed by atoms with van der Waals surface area (Å²) in [4.78, 5) is 12.3. The van der Waals surface area contributed by atoms with Crippen LogP contribution in [0.5, 0.6) is 5.75 Å². The van der Waals surface area contributed by atoms with Gasteiger partial charge >= 0.3 is 6.03 Å². The maximum absolute atomic E-state index is 12.3. The van der Waals surface area contributed by atoms with E-state index >= 15 is 0 Å². The summed E-state index contributed by atoms with van der Waals surface area (Å²) in [5.74, 6) is 0.633. The summed E-state index contributed by atoms with van der Waals surface area (Å²) < 4.78 is 5.23. The summed E-state index contributed by atoms with van der Waals surface area (Å²) in [5, 5.41) is 6.58. The van der Waals surface area contributed by atoms with Gasteiger partial charge in [-0.1, -0.05) is 35.9 Å². The summed E-state index contributed by atoms with van der Waals surface area (Å²) >= 11 is 5.92. The van der Waals surface area contributed by atoms with E-state index < -0.39 is 0 Å². The molecule has 1 aliphatic rings. The smallest absolute Gasteiger partial charge is 0.320 e. The molecule has 3 rings (SSSR count). The first kappa shape index (κ1) is 14.7. The number of para-hydroxylation sites is 2. The van der Waals surface area contributed by atoms with Crippen LogP contribution in [0.25, 0.3) is 0 Å². The van der Waals surface area contributed by atoms with Crippen LogP contribution in [0.4, 0.5) is 10.5 Å². The third-order valence-electron chi connectivity index (χ3n) is 3.85. The van der Waals surface area contributed by atoms with E-state index in [0.717, 1.165) is 18.4 Å². The second-order valence-corrected chi connectivity index (χ2v) is 5.80. The van der Waals surface area contributed by atoms with E-state index in [0.29, 0.717) is 16.5 Å². The van der Waals surface area contributed by atoms with Crippen LogP contribution in [0, 0.1) is 0 Å². The normalized spacial score (nSPS) is 15.0. The van der Waals surface area contributed by atoms with Gasteiger partial charge in [-0.3, -0.25) is 0 Å². The molecular weight excluding hydrogens is 300 g/mol. The first-order valence-electron chi connectivity index (χ1n) is 7.11. The number of halogens is 1. The number of carbonyl (C=O) groups is 1. The van der Waals surface area contributed by atoms with Crippen LogP contribution in [-0.4, -0.2) is 13.1 Å². The summed E-state index contributed by atoms with van der Waals surface area (Å²) in [6.45, 7) is 0. The molecule has 0 heterocycles. The van der Waals surface area contributed by atoms with E-state index in [-0.39, 0.29) is 11.6 Å². The number of benzene rings is 2. The lowest BCUT2D eigenvalue weighted by molar-refractivity contribution is 0.247. The number of carbonyl (C=O) groups excluding carboxylic acids is 1. The van der Waals surface area contributed by atoms with Crippen molar-refractivity contribution in [1.82, 2.24) is 5.32 Å². The fourth-order valence-electron chi connectivity index (χ4n) is 2.50. The van der Waals surface area contributed by atoms with E-state index in [9.17, 15) is 4.79 Å². The molecule has 2 aromatic carbocycles. The first-order chi connectivity index (χ1) is 10.6. The van der Waals surface area contributed by atoms with Gasteiger partial charge in [0.15, 0.2) is 0 Å². The largest absolute Gasteiger partial charge is 0.495 e. The topological polar surface area (TPSA) is 50.4 Å². The minimum absolute atomic E-state index is 0.239. The van der Waals surface area contributed by atoms with E-state index in [1.54, 1.807) is 13.2 Å². The maximum atomic E-state index is 12.3. The van der Waals surface area contributed by atoms with Crippen LogP contribution in [0.1, 0.15) is 18.4 Å². The van der Waals surface area contributed by atoms with Crippen LogP contribution in [-0.2, 0) is 5.54 Å². The number of hydrogen-bond acceptors (Lipinski definition) is 2. The Balaban J connectivity index is 1.70. The number of anilines is 1. The third kappa shape index (κ3) is 3.02. The van der Waals surface area contributed by atoms with Gasteiger partial charge in [-0.05, 0) is 42.7 Å². The molecule has 2 aromatic rings. The monoisotopic (exact) mass is 316 g/mol. The average molecular weight is 317 g/mol. The Kier molecular flexibility index (Phi) is 3.94. The Morgan fingerprint density at radius 2 is 1.82 bits per heavy atom. The van der Waals surface area contributed by atoms with Crippen molar-refractivity contribution in [3.8, 4) is 5.75 Å². The quantitative estimate of drug-likeness (QED) is 0.890. The molecule has 0 atom stereocenters. The zero-order chi connectivity index (χ0) is 15.6. The first-order valence-corrected chi connectivity index (χ1v) is 7.49. The molecule has 1 aliphatic carbocycles. The minimum atomic E-state index is -0.281. The highest BCUT2D eigenvalue weighted by molar-refractivity contribution is 6.30. The van der Waals surface area contributed by atoms with Crippen molar-refractivity contribution in [3.63, 3.8) is 0 Å². The zero-order valence-electron chi connectivity index (χ0n) is 12.2. The number of urea groups is 1. The Hall–Kier alpha value is -2.20. The summed E-state index contributed by atoms with van der Waals surface area (Å²) in [6, 6.07) is 14.7. The van der Waals surface area contributed by atoms with Crippen molar-refractivity contribution in [2.45, 2.75) is 18.4 Å². The molecule has 0 spiro atoms. The lowest BCUT2D eigenvalue weighted by Crippen LogP contribution is -2.38. The van der Waals surface area contributed by atoms with Crippen LogP contribution in [0.2, 0.25) is 5.02 Å². The summed E-state index contributed by atoms with van der Waals surface area (Å²) in [6.07, 6.45) is 1.85. The van der Waals surface area contributed by atoms with Gasteiger partial charge in [0.25, 0.3) is 0 Å². The number of hydrogen-bond donors (Lipinski definition) is 2. The fourth-order valence-corrected chi connectivity index (χ4v) is 2.62. The molecule has 0 bridgehead atoms. The Labute approximate surface area is 134 Å². The maximum Gasteiger partial charge on any atom is 0.320 e. The van der Waals surface area contributed by atoms with Gasteiger partial charge in [0, 0.05) is 5.02 Å². The Bertz CT molecular complexity index is 681. The van der Waals surface area contributed by atoms with Crippen LogP contribution in [0.15, 0.2) is 48.5 Å². The van der Waals surface area contributed by atoms with Crippen molar-refractivity contribution < 1.29 is 9.53 Å². The molecule has 5 heteroatoms. The van der Waals surface area contributed by atoms with Crippen molar-refractivity contribution in [2.75, 3.05) is 12.4 Å². The number of ether oxygens (including phenoxy) is 1. The lowest BCUT2D eigenvalue weighted by atomic mass is 10.1. The van der Waals surface area contributed by atoms with Crippen molar-refractivity contribution in [2.24, 2.45) is 0 Å². The van der Waals surface area contributed by atoms with Crippen LogP contribution < -0.4 is 15.4 Å². The van der Waals surface area contributed by atoms with Crippen LogP contribution in [0.3, 0.4) is 0 Å². The number of amides is 2. The molecule has 2 amide bonds. The second kappa shape index (κ2) is 5.89. The van der Waals surface area contributed by atoms with Gasteiger partial charge in [-0.2, -0.15) is 0 Å². The molecule has 0 saturated heterocycles. The minimum Gasteiger partial charge on any atom is -0.495 e. The Morgan fingerprint density at radius 1 is 1.14 bits per heavy atom. The van der Waals surface area contributed by atoms with Crippen molar-refractivity contribution in [3.05, 3.63) is 59.1 Å². The van der Waals surface area contributed by atoms with Gasteiger partial charge in [0.1, 0.15) is 5.75 Å². The van der Waals surface area contributed by atoms with Crippen molar-refractivity contribution in [1.29, 1.82) is 0 Å². The van der Waals surface area contributed by atoms with Gasteiger partial charge in [0.2, 0.25) is 0 Å². The molecule has 0 unspecified atom stereocenters. The highest BCUT2D eigenvalue weighted by Gasteiger charge is 2.45. The average Bonchev–Trinajstić information content (AvgIpc) is 3.29. The van der Waals surface area contributed by atoms with Gasteiger partial charge < -0.3 is 15.4 Å². The molecule has 4 nitrogen and oxygen atoms in total. The van der Waals surface area contributed by atoms with E-state index in [4.69, 9.17) is 16.3 Å². The van der Waals surface area contributed by atoms with E-state index in [1.165, 1.54) is 0 Å². The summed E-state index contributed by atoms with van der Waals surface area (Å²) in [5.41, 5.74) is 1.44. The highest BCUT2D eigenvalue weighted by atomic mass is 35.5. The molecule has 114 valence electrons. The van der Waals surface area contributed by atoms with Crippen molar-refractivity contribution >= 4 is 23.3 Å². The Morgan fingerprint density at radius 3 is 2.45 bits per heavy atom. The fraction of sp³-hybridized carbons (Fsp3) is 0.235. The molecular formula is C17H17ClN2O2. The second-order valence-electron chi connectivity index (χ2n) is 5.37. The standard InChI is InChI=1S/C17H17ClN2O2/c1-22-15-5-3-2-4-14(15)19-16(21)20-17(10-11-17)12-6-8-13(18)9-7-12/h2-9H,10-11H2,1H3,(H2,19,20,21). The zero-order valence-corrected chi connectivity index (χ0v) is 13.0. The van der Waals surface area contributed by atoms with E-state index in [2.05, 4.69) is 10.6 Å². The number of nitrogens with one attached hydrogen (secondary N) is 2.